The normalized spacial score (nSPS) is 12.5. The number of hydrogen-bond donors (Lipinski definition) is 0. The van der Waals surface area contributed by atoms with Gasteiger partial charge in [-0.05, 0) is 107 Å². The highest BCUT2D eigenvalue weighted by molar-refractivity contribution is 5.97. The maximum atomic E-state index is 12.8. The summed E-state index contributed by atoms with van der Waals surface area (Å²) in [4.78, 5) is 15.0. The van der Waals surface area contributed by atoms with E-state index in [4.69, 9.17) is 14.2 Å². The Bertz CT molecular complexity index is 1400. The Hall–Kier alpha value is -3.77. The zero-order valence-corrected chi connectivity index (χ0v) is 21.3. The second-order valence-corrected chi connectivity index (χ2v) is 9.61. The molecule has 2 heterocycles. The third-order valence-corrected chi connectivity index (χ3v) is 6.81. The summed E-state index contributed by atoms with van der Waals surface area (Å²) in [6.45, 7) is 6.64. The number of ether oxygens (including phenoxy) is 3. The van der Waals surface area contributed by atoms with E-state index in [-0.39, 0.29) is 12.6 Å². The maximum absolute atomic E-state index is 12.8. The molecule has 0 aliphatic carbocycles. The quantitative estimate of drug-likeness (QED) is 0.267. The lowest BCUT2D eigenvalue weighted by molar-refractivity contribution is 0.0993. The summed E-state index contributed by atoms with van der Waals surface area (Å²) in [7, 11) is 4.22. The number of nitrogens with zero attached hydrogens (tertiary/aromatic N) is 2. The van der Waals surface area contributed by atoms with Crippen molar-refractivity contribution < 1.29 is 19.0 Å². The van der Waals surface area contributed by atoms with Crippen LogP contribution < -0.4 is 14.2 Å². The minimum atomic E-state index is 0.0449. The second kappa shape index (κ2) is 10.1. The van der Waals surface area contributed by atoms with Crippen LogP contribution in [0.15, 0.2) is 60.7 Å². The van der Waals surface area contributed by atoms with E-state index in [0.717, 1.165) is 36.6 Å². The molecule has 6 heteroatoms. The SMILES string of the molecule is Cc1c(C)n(CCCN(C)C)c2ccc(Oc3ccc(C(=O)Cc4ccc5c(c4)OCO5)cc3)cc12. The number of ketones is 1. The molecule has 0 amide bonds. The summed E-state index contributed by atoms with van der Waals surface area (Å²) in [5, 5.41) is 1.21. The number of hydrogen-bond acceptors (Lipinski definition) is 5. The van der Waals surface area contributed by atoms with E-state index in [1.165, 1.54) is 22.2 Å². The fourth-order valence-electron chi connectivity index (χ4n) is 4.71. The van der Waals surface area contributed by atoms with Gasteiger partial charge in [-0.1, -0.05) is 6.07 Å². The molecular formula is C30H32N2O4. The van der Waals surface area contributed by atoms with E-state index in [0.29, 0.717) is 23.5 Å². The first kappa shape index (κ1) is 23.9. The van der Waals surface area contributed by atoms with Gasteiger partial charge in [-0.2, -0.15) is 0 Å². The smallest absolute Gasteiger partial charge is 0.231 e. The number of aromatic nitrogens is 1. The summed E-state index contributed by atoms with van der Waals surface area (Å²) >= 11 is 0. The second-order valence-electron chi connectivity index (χ2n) is 9.61. The highest BCUT2D eigenvalue weighted by Crippen LogP contribution is 2.33. The van der Waals surface area contributed by atoms with Crippen LogP contribution in [-0.4, -0.2) is 42.7 Å². The van der Waals surface area contributed by atoms with Crippen LogP contribution >= 0.6 is 0 Å². The summed E-state index contributed by atoms with van der Waals surface area (Å²) < 4.78 is 19.3. The van der Waals surface area contributed by atoms with E-state index < -0.39 is 0 Å². The molecule has 1 aliphatic heterocycles. The Morgan fingerprint density at radius 3 is 2.47 bits per heavy atom. The highest BCUT2D eigenvalue weighted by atomic mass is 16.7. The number of Topliss-reactive ketones (excluding diaryl/α,β-unsaturated/α-hetero) is 1. The van der Waals surface area contributed by atoms with Crippen LogP contribution in [-0.2, 0) is 13.0 Å². The zero-order chi connectivity index (χ0) is 25.2. The third-order valence-electron chi connectivity index (χ3n) is 6.81. The standard InChI is InChI=1S/C30H32N2O4/c1-20-21(2)32(15-5-14-31(3)4)27-12-11-25(18-26(20)27)36-24-9-7-23(8-10-24)28(33)16-22-6-13-29-30(17-22)35-19-34-29/h6-13,17-18H,5,14-16,19H2,1-4H3. The topological polar surface area (TPSA) is 52.9 Å². The van der Waals surface area contributed by atoms with Gasteiger partial charge in [0, 0.05) is 35.1 Å². The lowest BCUT2D eigenvalue weighted by atomic mass is 10.0. The lowest BCUT2D eigenvalue weighted by Gasteiger charge is -2.12. The van der Waals surface area contributed by atoms with Gasteiger partial charge in [-0.15, -0.1) is 0 Å². The molecular weight excluding hydrogens is 452 g/mol. The van der Waals surface area contributed by atoms with Crippen molar-refractivity contribution in [2.45, 2.75) is 33.2 Å². The molecule has 36 heavy (non-hydrogen) atoms. The van der Waals surface area contributed by atoms with Crippen LogP contribution in [0.1, 0.15) is 33.6 Å². The van der Waals surface area contributed by atoms with E-state index in [1.807, 2.05) is 48.5 Å². The van der Waals surface area contributed by atoms with Gasteiger partial charge in [0.25, 0.3) is 0 Å². The first-order valence-electron chi connectivity index (χ1n) is 12.3. The van der Waals surface area contributed by atoms with Crippen molar-refractivity contribution in [1.29, 1.82) is 0 Å². The van der Waals surface area contributed by atoms with Gasteiger partial charge in [0.2, 0.25) is 6.79 Å². The Morgan fingerprint density at radius 1 is 0.944 bits per heavy atom. The zero-order valence-electron chi connectivity index (χ0n) is 21.3. The third kappa shape index (κ3) is 4.95. The van der Waals surface area contributed by atoms with Crippen LogP contribution in [0.4, 0.5) is 0 Å². The van der Waals surface area contributed by atoms with E-state index in [9.17, 15) is 4.79 Å². The predicted molar refractivity (Wildman–Crippen MR) is 142 cm³/mol. The van der Waals surface area contributed by atoms with E-state index in [1.54, 1.807) is 0 Å². The summed E-state index contributed by atoms with van der Waals surface area (Å²) in [6, 6.07) is 19.2. The summed E-state index contributed by atoms with van der Waals surface area (Å²) in [5.41, 5.74) is 5.37. The average molecular weight is 485 g/mol. The minimum absolute atomic E-state index is 0.0449. The van der Waals surface area contributed by atoms with Gasteiger partial charge in [-0.25, -0.2) is 0 Å². The number of benzene rings is 3. The molecule has 0 fully saturated rings. The molecule has 3 aromatic carbocycles. The largest absolute Gasteiger partial charge is 0.457 e. The molecule has 1 aliphatic rings. The van der Waals surface area contributed by atoms with Gasteiger partial charge in [-0.3, -0.25) is 4.79 Å². The fourth-order valence-corrected chi connectivity index (χ4v) is 4.71. The first-order chi connectivity index (χ1) is 17.4. The van der Waals surface area contributed by atoms with E-state index >= 15 is 0 Å². The predicted octanol–water partition coefficient (Wildman–Crippen LogP) is 6.16. The van der Waals surface area contributed by atoms with Crippen LogP contribution in [0.2, 0.25) is 0 Å². The van der Waals surface area contributed by atoms with Gasteiger partial charge in [0.05, 0.1) is 0 Å². The van der Waals surface area contributed by atoms with E-state index in [2.05, 4.69) is 49.5 Å². The Balaban J connectivity index is 1.27. The number of aryl methyl sites for hydroxylation is 2. The molecule has 0 bridgehead atoms. The Labute approximate surface area is 212 Å². The van der Waals surface area contributed by atoms with Crippen LogP contribution in [0.25, 0.3) is 10.9 Å². The van der Waals surface area contributed by atoms with Gasteiger partial charge < -0.3 is 23.7 Å². The molecule has 5 rings (SSSR count). The minimum Gasteiger partial charge on any atom is -0.457 e. The molecule has 0 spiro atoms. The van der Waals surface area contributed by atoms with Gasteiger partial charge >= 0.3 is 0 Å². The number of rotatable bonds is 9. The molecule has 186 valence electrons. The summed E-state index contributed by atoms with van der Waals surface area (Å²) in [5.74, 6) is 2.94. The molecule has 6 nitrogen and oxygen atoms in total. The Morgan fingerprint density at radius 2 is 1.69 bits per heavy atom. The maximum Gasteiger partial charge on any atom is 0.231 e. The molecule has 0 saturated heterocycles. The van der Waals surface area contributed by atoms with Gasteiger partial charge in [0.15, 0.2) is 17.3 Å². The van der Waals surface area contributed by atoms with Crippen molar-refractivity contribution in [3.05, 3.63) is 83.0 Å². The first-order valence-corrected chi connectivity index (χ1v) is 12.3. The Kier molecular flexibility index (Phi) is 6.70. The van der Waals surface area contributed by atoms with Crippen LogP contribution in [0, 0.1) is 13.8 Å². The average Bonchev–Trinajstić information content (AvgIpc) is 3.42. The van der Waals surface area contributed by atoms with Crippen molar-refractivity contribution in [1.82, 2.24) is 9.47 Å². The van der Waals surface area contributed by atoms with Crippen molar-refractivity contribution in [3.63, 3.8) is 0 Å². The van der Waals surface area contributed by atoms with Crippen LogP contribution in [0.5, 0.6) is 23.0 Å². The molecule has 1 aromatic heterocycles. The molecule has 0 atom stereocenters. The number of fused-ring (bicyclic) bond motifs is 2. The van der Waals surface area contributed by atoms with Crippen molar-refractivity contribution >= 4 is 16.7 Å². The number of carbonyl (C=O) groups is 1. The van der Waals surface area contributed by atoms with Crippen molar-refractivity contribution in [2.24, 2.45) is 0 Å². The molecule has 4 aromatic rings. The molecule has 0 unspecified atom stereocenters. The molecule has 0 N–H and O–H groups in total. The number of carbonyl (C=O) groups excluding carboxylic acids is 1. The molecule has 0 radical (unpaired) electrons. The summed E-state index contributed by atoms with van der Waals surface area (Å²) in [6.07, 6.45) is 1.41. The molecule has 0 saturated carbocycles. The highest BCUT2D eigenvalue weighted by Gasteiger charge is 2.16. The lowest BCUT2D eigenvalue weighted by Crippen LogP contribution is -2.15. The van der Waals surface area contributed by atoms with Crippen LogP contribution in [0.3, 0.4) is 0 Å². The van der Waals surface area contributed by atoms with Crippen molar-refractivity contribution in [2.75, 3.05) is 27.4 Å². The van der Waals surface area contributed by atoms with Crippen molar-refractivity contribution in [3.8, 4) is 23.0 Å². The monoisotopic (exact) mass is 484 g/mol. The van der Waals surface area contributed by atoms with Gasteiger partial charge in [0.1, 0.15) is 11.5 Å². The fraction of sp³-hybridized carbons (Fsp3) is 0.300.